The summed E-state index contributed by atoms with van der Waals surface area (Å²) in [6.45, 7) is 0.578. The first kappa shape index (κ1) is 17.0. The van der Waals surface area contributed by atoms with E-state index in [9.17, 15) is 4.79 Å². The second kappa shape index (κ2) is 6.98. The molecule has 0 bridgehead atoms. The van der Waals surface area contributed by atoms with E-state index in [0.717, 1.165) is 36.8 Å². The Balaban J connectivity index is 1.89. The Bertz CT molecular complexity index is 719. The summed E-state index contributed by atoms with van der Waals surface area (Å²) in [5.74, 6) is 0.188. The molecule has 1 aromatic carbocycles. The van der Waals surface area contributed by atoms with Gasteiger partial charge in [0, 0.05) is 37.4 Å². The summed E-state index contributed by atoms with van der Waals surface area (Å²) in [6.07, 6.45) is 8.92. The van der Waals surface area contributed by atoms with Gasteiger partial charge in [0.25, 0.3) is 0 Å². The highest BCUT2D eigenvalue weighted by Crippen LogP contribution is 2.41. The predicted octanol–water partition coefficient (Wildman–Crippen LogP) is 3.93. The third kappa shape index (κ3) is 3.34. The summed E-state index contributed by atoms with van der Waals surface area (Å²) in [4.78, 5) is 15.2. The standard InChI is InChI=1S/C19H24ClN3O/c1-22(13-15-12-21-23(2)14-15)18(24)19(9-4-3-5-10-19)16-7-6-8-17(20)11-16/h6-8,11-12,14H,3-5,9-10,13H2,1-2H3. The topological polar surface area (TPSA) is 38.1 Å². The van der Waals surface area contributed by atoms with Gasteiger partial charge in [0.15, 0.2) is 0 Å². The molecule has 0 saturated heterocycles. The molecule has 1 aromatic heterocycles. The van der Waals surface area contributed by atoms with Gasteiger partial charge in [0.1, 0.15) is 0 Å². The fraction of sp³-hybridized carbons (Fsp3) is 0.474. The fourth-order valence-electron chi connectivity index (χ4n) is 3.83. The molecule has 128 valence electrons. The molecule has 2 aromatic rings. The number of hydrogen-bond acceptors (Lipinski definition) is 2. The minimum Gasteiger partial charge on any atom is -0.341 e. The van der Waals surface area contributed by atoms with Crippen molar-refractivity contribution < 1.29 is 4.79 Å². The van der Waals surface area contributed by atoms with E-state index in [0.29, 0.717) is 11.6 Å². The number of aryl methyl sites for hydroxylation is 1. The molecule has 4 nitrogen and oxygen atoms in total. The maximum Gasteiger partial charge on any atom is 0.233 e. The van der Waals surface area contributed by atoms with Crippen LogP contribution in [-0.2, 0) is 23.8 Å². The molecule has 0 atom stereocenters. The van der Waals surface area contributed by atoms with Crippen LogP contribution in [0, 0.1) is 0 Å². The Morgan fingerprint density at radius 1 is 1.33 bits per heavy atom. The molecule has 0 radical (unpaired) electrons. The number of carbonyl (C=O) groups excluding carboxylic acids is 1. The third-order valence-electron chi connectivity index (χ3n) is 5.02. The largest absolute Gasteiger partial charge is 0.341 e. The molecular weight excluding hydrogens is 322 g/mol. The van der Waals surface area contributed by atoms with Crippen LogP contribution in [0.4, 0.5) is 0 Å². The predicted molar refractivity (Wildman–Crippen MR) is 95.9 cm³/mol. The molecule has 1 amide bonds. The minimum absolute atomic E-state index is 0.188. The van der Waals surface area contributed by atoms with E-state index >= 15 is 0 Å². The summed E-state index contributed by atoms with van der Waals surface area (Å²) < 4.78 is 1.76. The molecule has 3 rings (SSSR count). The van der Waals surface area contributed by atoms with Crippen molar-refractivity contribution in [3.63, 3.8) is 0 Å². The Morgan fingerprint density at radius 3 is 2.71 bits per heavy atom. The van der Waals surface area contributed by atoms with Crippen LogP contribution in [0.25, 0.3) is 0 Å². The van der Waals surface area contributed by atoms with Gasteiger partial charge in [0.05, 0.1) is 11.6 Å². The normalized spacial score (nSPS) is 16.8. The highest BCUT2D eigenvalue weighted by Gasteiger charge is 2.42. The Labute approximate surface area is 148 Å². The number of rotatable bonds is 4. The van der Waals surface area contributed by atoms with Gasteiger partial charge >= 0.3 is 0 Å². The van der Waals surface area contributed by atoms with Gasteiger partial charge < -0.3 is 4.90 Å². The van der Waals surface area contributed by atoms with Gasteiger partial charge in [-0.1, -0.05) is 43.0 Å². The highest BCUT2D eigenvalue weighted by molar-refractivity contribution is 6.30. The minimum atomic E-state index is -0.444. The van der Waals surface area contributed by atoms with Gasteiger partial charge in [-0.15, -0.1) is 0 Å². The van der Waals surface area contributed by atoms with Crippen LogP contribution in [0.15, 0.2) is 36.7 Å². The number of aromatic nitrogens is 2. The van der Waals surface area contributed by atoms with Gasteiger partial charge in [-0.05, 0) is 30.5 Å². The Kier molecular flexibility index (Phi) is 4.95. The van der Waals surface area contributed by atoms with E-state index in [1.165, 1.54) is 6.42 Å². The van der Waals surface area contributed by atoms with Crippen molar-refractivity contribution in [2.45, 2.75) is 44.1 Å². The smallest absolute Gasteiger partial charge is 0.233 e. The van der Waals surface area contributed by atoms with E-state index in [1.807, 2.05) is 55.7 Å². The molecule has 1 fully saturated rings. The number of likely N-dealkylation sites (N-methyl/N-ethyl adjacent to an activating group) is 1. The molecule has 0 unspecified atom stereocenters. The van der Waals surface area contributed by atoms with Crippen LogP contribution in [0.1, 0.15) is 43.2 Å². The molecule has 0 N–H and O–H groups in total. The summed E-state index contributed by atoms with van der Waals surface area (Å²) in [5, 5.41) is 4.88. The molecule has 1 aliphatic rings. The van der Waals surface area contributed by atoms with E-state index in [-0.39, 0.29) is 5.91 Å². The van der Waals surface area contributed by atoms with E-state index in [2.05, 4.69) is 5.10 Å². The summed E-state index contributed by atoms with van der Waals surface area (Å²) in [6, 6.07) is 7.82. The zero-order valence-electron chi connectivity index (χ0n) is 14.3. The zero-order valence-corrected chi connectivity index (χ0v) is 15.1. The van der Waals surface area contributed by atoms with Crippen LogP contribution < -0.4 is 0 Å². The SMILES string of the molecule is CN(Cc1cnn(C)c1)C(=O)C1(c2cccc(Cl)c2)CCCCC1. The quantitative estimate of drug-likeness (QED) is 0.842. The molecular formula is C19H24ClN3O. The van der Waals surface area contributed by atoms with Crippen molar-refractivity contribution in [1.29, 1.82) is 0 Å². The summed E-state index contributed by atoms with van der Waals surface area (Å²) in [7, 11) is 3.77. The van der Waals surface area contributed by atoms with Crippen molar-refractivity contribution in [2.75, 3.05) is 7.05 Å². The number of amides is 1. The molecule has 1 aliphatic carbocycles. The lowest BCUT2D eigenvalue weighted by atomic mass is 9.68. The first-order valence-electron chi connectivity index (χ1n) is 8.50. The number of hydrogen-bond donors (Lipinski definition) is 0. The lowest BCUT2D eigenvalue weighted by Crippen LogP contribution is -2.46. The van der Waals surface area contributed by atoms with Gasteiger partial charge in [0.2, 0.25) is 5.91 Å². The van der Waals surface area contributed by atoms with E-state index in [4.69, 9.17) is 11.6 Å². The van der Waals surface area contributed by atoms with Crippen molar-refractivity contribution in [3.05, 3.63) is 52.8 Å². The first-order valence-corrected chi connectivity index (χ1v) is 8.88. The monoisotopic (exact) mass is 345 g/mol. The molecule has 5 heteroatoms. The van der Waals surface area contributed by atoms with Crippen LogP contribution >= 0.6 is 11.6 Å². The maximum absolute atomic E-state index is 13.4. The van der Waals surface area contributed by atoms with Crippen molar-refractivity contribution in [1.82, 2.24) is 14.7 Å². The van der Waals surface area contributed by atoms with Crippen LogP contribution in [0.5, 0.6) is 0 Å². The second-order valence-corrected chi connectivity index (χ2v) is 7.27. The fourth-order valence-corrected chi connectivity index (χ4v) is 4.02. The average molecular weight is 346 g/mol. The Hall–Kier alpha value is -1.81. The Morgan fingerprint density at radius 2 is 2.08 bits per heavy atom. The second-order valence-electron chi connectivity index (χ2n) is 6.84. The first-order chi connectivity index (χ1) is 11.5. The van der Waals surface area contributed by atoms with Crippen molar-refractivity contribution in [2.24, 2.45) is 7.05 Å². The molecule has 0 spiro atoms. The lowest BCUT2D eigenvalue weighted by molar-refractivity contribution is -0.138. The number of halogens is 1. The number of carbonyl (C=O) groups is 1. The average Bonchev–Trinajstić information content (AvgIpc) is 2.99. The highest BCUT2D eigenvalue weighted by atomic mass is 35.5. The third-order valence-corrected chi connectivity index (χ3v) is 5.25. The van der Waals surface area contributed by atoms with Crippen molar-refractivity contribution in [3.8, 4) is 0 Å². The van der Waals surface area contributed by atoms with Gasteiger partial charge in [-0.3, -0.25) is 9.48 Å². The number of nitrogens with zero attached hydrogens (tertiary/aromatic N) is 3. The van der Waals surface area contributed by atoms with Crippen LogP contribution in [0.2, 0.25) is 5.02 Å². The van der Waals surface area contributed by atoms with Gasteiger partial charge in [-0.2, -0.15) is 5.10 Å². The lowest BCUT2D eigenvalue weighted by Gasteiger charge is -2.39. The zero-order chi connectivity index (χ0) is 17.2. The van der Waals surface area contributed by atoms with Gasteiger partial charge in [-0.25, -0.2) is 0 Å². The van der Waals surface area contributed by atoms with Crippen molar-refractivity contribution >= 4 is 17.5 Å². The van der Waals surface area contributed by atoms with Crippen LogP contribution in [0.3, 0.4) is 0 Å². The summed E-state index contributed by atoms with van der Waals surface area (Å²) >= 11 is 6.21. The van der Waals surface area contributed by atoms with E-state index in [1.54, 1.807) is 4.68 Å². The molecule has 0 aliphatic heterocycles. The molecule has 1 saturated carbocycles. The maximum atomic E-state index is 13.4. The van der Waals surface area contributed by atoms with Crippen LogP contribution in [-0.4, -0.2) is 27.6 Å². The number of benzene rings is 1. The molecule has 24 heavy (non-hydrogen) atoms. The molecule has 1 heterocycles. The summed E-state index contributed by atoms with van der Waals surface area (Å²) in [5.41, 5.74) is 1.66. The van der Waals surface area contributed by atoms with E-state index < -0.39 is 5.41 Å².